The van der Waals surface area contributed by atoms with E-state index in [0.29, 0.717) is 12.6 Å². The topological polar surface area (TPSA) is 23.5 Å². The van der Waals surface area contributed by atoms with Crippen LogP contribution in [0, 0.1) is 5.82 Å². The normalized spacial score (nSPS) is 17.1. The van der Waals surface area contributed by atoms with Crippen molar-refractivity contribution in [1.29, 1.82) is 0 Å². The molecule has 0 saturated heterocycles. The molecule has 1 aromatic rings. The van der Waals surface area contributed by atoms with Gasteiger partial charge in [0.05, 0.1) is 11.6 Å². The summed E-state index contributed by atoms with van der Waals surface area (Å²) >= 11 is 5.82. The van der Waals surface area contributed by atoms with E-state index in [4.69, 9.17) is 11.6 Å². The van der Waals surface area contributed by atoms with Crippen molar-refractivity contribution < 1.29 is 9.50 Å². The first-order valence-corrected chi connectivity index (χ1v) is 7.37. The highest BCUT2D eigenvalue weighted by Crippen LogP contribution is 2.25. The lowest BCUT2D eigenvalue weighted by Crippen LogP contribution is -2.38. The van der Waals surface area contributed by atoms with Gasteiger partial charge in [0.2, 0.25) is 0 Å². The van der Waals surface area contributed by atoms with E-state index in [1.54, 1.807) is 12.1 Å². The van der Waals surface area contributed by atoms with Gasteiger partial charge in [-0.15, -0.1) is 0 Å². The molecule has 1 N–H and O–H groups in total. The fraction of sp³-hybridized carbons (Fsp3) is 0.600. The Hall–Kier alpha value is -0.640. The van der Waals surface area contributed by atoms with Gasteiger partial charge in [-0.05, 0) is 30.5 Å². The van der Waals surface area contributed by atoms with E-state index in [2.05, 4.69) is 4.90 Å². The molecule has 1 aromatic carbocycles. The number of aliphatic hydroxyl groups is 1. The second kappa shape index (κ2) is 7.22. The highest BCUT2D eigenvalue weighted by molar-refractivity contribution is 6.30. The minimum absolute atomic E-state index is 0.158. The van der Waals surface area contributed by atoms with E-state index in [0.717, 1.165) is 12.1 Å². The Kier molecular flexibility index (Phi) is 5.61. The number of halogens is 2. The number of benzene rings is 1. The summed E-state index contributed by atoms with van der Waals surface area (Å²) in [6, 6.07) is 5.40. The van der Waals surface area contributed by atoms with Gasteiger partial charge in [0.15, 0.2) is 0 Å². The van der Waals surface area contributed by atoms with Crippen molar-refractivity contribution in [3.8, 4) is 0 Å². The van der Waals surface area contributed by atoms with Gasteiger partial charge >= 0.3 is 0 Å². The van der Waals surface area contributed by atoms with Crippen LogP contribution < -0.4 is 0 Å². The first-order valence-electron chi connectivity index (χ1n) is 6.99. The number of rotatable bonds is 5. The summed E-state index contributed by atoms with van der Waals surface area (Å²) in [5.74, 6) is -0.378. The molecule has 1 aliphatic carbocycles. The predicted octanol–water partition coefficient (Wildman–Crippen LogP) is 3.61. The summed E-state index contributed by atoms with van der Waals surface area (Å²) in [4.78, 5) is 2.29. The van der Waals surface area contributed by atoms with Crippen LogP contribution in [-0.4, -0.2) is 29.2 Å². The molecule has 1 saturated carbocycles. The summed E-state index contributed by atoms with van der Waals surface area (Å²) in [7, 11) is 0. The molecule has 0 atom stereocenters. The molecule has 19 heavy (non-hydrogen) atoms. The molecule has 1 fully saturated rings. The summed E-state index contributed by atoms with van der Waals surface area (Å²) in [5, 5.41) is 9.39. The van der Waals surface area contributed by atoms with Crippen LogP contribution >= 0.6 is 11.6 Å². The number of hydrogen-bond donors (Lipinski definition) is 1. The van der Waals surface area contributed by atoms with E-state index >= 15 is 0 Å². The fourth-order valence-electron chi connectivity index (χ4n) is 2.84. The molecule has 0 amide bonds. The molecule has 0 unspecified atom stereocenters. The average Bonchev–Trinajstić information content (AvgIpc) is 2.43. The van der Waals surface area contributed by atoms with Crippen LogP contribution in [0.2, 0.25) is 5.02 Å². The molecule has 0 bridgehead atoms. The summed E-state index contributed by atoms with van der Waals surface area (Å²) < 4.78 is 13.2. The molecule has 0 heterocycles. The molecule has 4 heteroatoms. The molecule has 1 aliphatic rings. The Bertz CT molecular complexity index is 407. The minimum atomic E-state index is -0.378. The van der Waals surface area contributed by atoms with Crippen molar-refractivity contribution in [2.24, 2.45) is 0 Å². The van der Waals surface area contributed by atoms with Crippen LogP contribution in [0.1, 0.15) is 37.7 Å². The first-order chi connectivity index (χ1) is 9.20. The zero-order valence-electron chi connectivity index (χ0n) is 11.1. The summed E-state index contributed by atoms with van der Waals surface area (Å²) in [6.07, 6.45) is 6.21. The molecule has 0 aliphatic heterocycles. The third-order valence-electron chi connectivity index (χ3n) is 3.85. The molecule has 0 aromatic heterocycles. The maximum Gasteiger partial charge on any atom is 0.141 e. The van der Waals surface area contributed by atoms with Crippen molar-refractivity contribution >= 4 is 11.6 Å². The summed E-state index contributed by atoms with van der Waals surface area (Å²) in [6.45, 7) is 1.55. The van der Waals surface area contributed by atoms with Crippen LogP contribution in [0.3, 0.4) is 0 Å². The van der Waals surface area contributed by atoms with Gasteiger partial charge in [0.25, 0.3) is 0 Å². The van der Waals surface area contributed by atoms with Crippen molar-refractivity contribution in [2.45, 2.75) is 44.7 Å². The summed E-state index contributed by atoms with van der Waals surface area (Å²) in [5.41, 5.74) is 1.01. The molecule has 106 valence electrons. The Balaban J connectivity index is 2.04. The van der Waals surface area contributed by atoms with E-state index in [1.807, 2.05) is 0 Å². The molecule has 2 nitrogen and oxygen atoms in total. The second-order valence-corrected chi connectivity index (χ2v) is 5.64. The van der Waals surface area contributed by atoms with Gasteiger partial charge in [-0.1, -0.05) is 36.9 Å². The van der Waals surface area contributed by atoms with Crippen molar-refractivity contribution in [3.63, 3.8) is 0 Å². The Morgan fingerprint density at radius 3 is 2.63 bits per heavy atom. The van der Waals surface area contributed by atoms with E-state index < -0.39 is 0 Å². The number of nitrogens with zero attached hydrogens (tertiary/aromatic N) is 1. The quantitative estimate of drug-likeness (QED) is 0.893. The second-order valence-electron chi connectivity index (χ2n) is 5.23. The SMILES string of the molecule is OCCN(Cc1ccc(F)c(Cl)c1)C1CCCCC1. The Morgan fingerprint density at radius 2 is 2.00 bits per heavy atom. The predicted molar refractivity (Wildman–Crippen MR) is 75.8 cm³/mol. The number of aliphatic hydroxyl groups excluding tert-OH is 1. The third-order valence-corrected chi connectivity index (χ3v) is 4.14. The van der Waals surface area contributed by atoms with Gasteiger partial charge in [-0.25, -0.2) is 4.39 Å². The lowest BCUT2D eigenvalue weighted by molar-refractivity contribution is 0.117. The average molecular weight is 286 g/mol. The van der Waals surface area contributed by atoms with Crippen LogP contribution in [0.15, 0.2) is 18.2 Å². The number of hydrogen-bond acceptors (Lipinski definition) is 2. The minimum Gasteiger partial charge on any atom is -0.395 e. The smallest absolute Gasteiger partial charge is 0.141 e. The maximum absolute atomic E-state index is 13.2. The van der Waals surface area contributed by atoms with Crippen LogP contribution in [0.4, 0.5) is 4.39 Å². The van der Waals surface area contributed by atoms with E-state index in [-0.39, 0.29) is 17.4 Å². The van der Waals surface area contributed by atoms with Gasteiger partial charge in [0, 0.05) is 19.1 Å². The van der Waals surface area contributed by atoms with Crippen molar-refractivity contribution in [3.05, 3.63) is 34.6 Å². The Labute approximate surface area is 119 Å². The monoisotopic (exact) mass is 285 g/mol. The van der Waals surface area contributed by atoms with Crippen molar-refractivity contribution in [1.82, 2.24) is 4.90 Å². The zero-order chi connectivity index (χ0) is 13.7. The zero-order valence-corrected chi connectivity index (χ0v) is 11.9. The van der Waals surface area contributed by atoms with Crippen LogP contribution in [0.5, 0.6) is 0 Å². The molecule has 0 spiro atoms. The lowest BCUT2D eigenvalue weighted by Gasteiger charge is -2.34. The molecule has 2 rings (SSSR count). The fourth-order valence-corrected chi connectivity index (χ4v) is 3.04. The van der Waals surface area contributed by atoms with Gasteiger partial charge in [0.1, 0.15) is 5.82 Å². The van der Waals surface area contributed by atoms with Gasteiger partial charge < -0.3 is 5.11 Å². The lowest BCUT2D eigenvalue weighted by atomic mass is 9.94. The first kappa shape index (κ1) is 14.8. The van der Waals surface area contributed by atoms with Crippen LogP contribution in [-0.2, 0) is 6.54 Å². The molecular weight excluding hydrogens is 265 g/mol. The highest BCUT2D eigenvalue weighted by Gasteiger charge is 2.20. The molecular formula is C15H21ClFNO. The Morgan fingerprint density at radius 1 is 1.26 bits per heavy atom. The third kappa shape index (κ3) is 4.16. The maximum atomic E-state index is 13.2. The van der Waals surface area contributed by atoms with Crippen LogP contribution in [0.25, 0.3) is 0 Å². The van der Waals surface area contributed by atoms with Gasteiger partial charge in [-0.2, -0.15) is 0 Å². The standard InChI is InChI=1S/C15H21ClFNO/c16-14-10-12(6-7-15(14)17)11-18(8-9-19)13-4-2-1-3-5-13/h6-7,10,13,19H,1-5,8-9,11H2. The van der Waals surface area contributed by atoms with E-state index in [9.17, 15) is 9.50 Å². The van der Waals surface area contributed by atoms with E-state index in [1.165, 1.54) is 38.2 Å². The highest BCUT2D eigenvalue weighted by atomic mass is 35.5. The molecule has 0 radical (unpaired) electrons. The largest absolute Gasteiger partial charge is 0.395 e. The van der Waals surface area contributed by atoms with Crippen molar-refractivity contribution in [2.75, 3.05) is 13.2 Å². The van der Waals surface area contributed by atoms with Gasteiger partial charge in [-0.3, -0.25) is 4.90 Å².